The predicted molar refractivity (Wildman–Crippen MR) is 103 cm³/mol. The van der Waals surface area contributed by atoms with Crippen LogP contribution >= 0.6 is 0 Å². The molecule has 1 aromatic carbocycles. The van der Waals surface area contributed by atoms with E-state index < -0.39 is 0 Å². The van der Waals surface area contributed by atoms with E-state index in [2.05, 4.69) is 39.5 Å². The van der Waals surface area contributed by atoms with Crippen molar-refractivity contribution in [1.29, 1.82) is 0 Å². The normalized spacial score (nSPS) is 11.3. The van der Waals surface area contributed by atoms with Gasteiger partial charge < -0.3 is 9.84 Å². The Morgan fingerprint density at radius 1 is 1.18 bits per heavy atom. The van der Waals surface area contributed by atoms with E-state index in [1.165, 1.54) is 5.56 Å². The molecule has 4 rings (SSSR count). The van der Waals surface area contributed by atoms with Gasteiger partial charge >= 0.3 is 0 Å². The van der Waals surface area contributed by atoms with Crippen LogP contribution in [0.15, 0.2) is 47.1 Å². The van der Waals surface area contributed by atoms with Crippen molar-refractivity contribution >= 4 is 11.6 Å². The fourth-order valence-corrected chi connectivity index (χ4v) is 2.94. The molecule has 0 aliphatic rings. The Morgan fingerprint density at radius 2 is 1.96 bits per heavy atom. The van der Waals surface area contributed by atoms with Gasteiger partial charge in [0.2, 0.25) is 0 Å². The van der Waals surface area contributed by atoms with Gasteiger partial charge in [-0.15, -0.1) is 10.2 Å². The average Bonchev–Trinajstić information content (AvgIpc) is 3.32. The third-order valence-electron chi connectivity index (χ3n) is 4.51. The molecule has 0 bridgehead atoms. The number of hydrogen-bond acceptors (Lipinski definition) is 6. The number of carbonyl (C=O) groups excluding carboxylic acids is 1. The van der Waals surface area contributed by atoms with Crippen LogP contribution in [0.1, 0.15) is 47.3 Å². The first-order valence-electron chi connectivity index (χ1n) is 9.04. The zero-order valence-electron chi connectivity index (χ0n) is 15.9. The van der Waals surface area contributed by atoms with E-state index in [4.69, 9.17) is 4.52 Å². The summed E-state index contributed by atoms with van der Waals surface area (Å²) >= 11 is 0. The number of nitrogens with zero attached hydrogens (tertiary/aromatic N) is 5. The van der Waals surface area contributed by atoms with Crippen LogP contribution in [0.25, 0.3) is 17.1 Å². The monoisotopic (exact) mass is 376 g/mol. The third-order valence-corrected chi connectivity index (χ3v) is 4.51. The summed E-state index contributed by atoms with van der Waals surface area (Å²) in [5, 5.41) is 15.1. The number of aromatic nitrogens is 5. The van der Waals surface area contributed by atoms with E-state index in [1.807, 2.05) is 42.6 Å². The second-order valence-corrected chi connectivity index (χ2v) is 6.84. The number of hydrogen-bond donors (Lipinski definition) is 1. The van der Waals surface area contributed by atoms with Crippen molar-refractivity contribution in [2.75, 3.05) is 0 Å². The summed E-state index contributed by atoms with van der Waals surface area (Å²) in [6, 6.07) is 11.3. The molecule has 0 unspecified atom stereocenters. The van der Waals surface area contributed by atoms with E-state index in [9.17, 15) is 4.79 Å². The van der Waals surface area contributed by atoms with Crippen LogP contribution in [0.5, 0.6) is 0 Å². The van der Waals surface area contributed by atoms with Crippen molar-refractivity contribution in [3.8, 4) is 11.5 Å². The van der Waals surface area contributed by atoms with Crippen molar-refractivity contribution in [1.82, 2.24) is 30.1 Å². The van der Waals surface area contributed by atoms with Crippen LogP contribution in [0, 0.1) is 6.92 Å². The maximum atomic E-state index is 12.4. The van der Waals surface area contributed by atoms with Gasteiger partial charge in [0.25, 0.3) is 11.8 Å². The van der Waals surface area contributed by atoms with E-state index >= 15 is 0 Å². The third kappa shape index (κ3) is 3.36. The van der Waals surface area contributed by atoms with Crippen LogP contribution in [-0.2, 0) is 6.54 Å². The average molecular weight is 376 g/mol. The number of nitrogens with one attached hydrogen (secondary N) is 1. The fourth-order valence-electron chi connectivity index (χ4n) is 2.94. The molecule has 3 aromatic heterocycles. The standard InChI is InChI=1S/C20H20N6O2/c1-12(2)14-6-8-15(9-7-14)19(27)21-11-17-23-24-18-16(5-4-10-26(17)18)20-22-13(3)25-28-20/h4-10,12H,11H2,1-3H3,(H,21,27). The molecular weight excluding hydrogens is 356 g/mol. The Morgan fingerprint density at radius 3 is 2.64 bits per heavy atom. The van der Waals surface area contributed by atoms with Crippen LogP contribution in [0.3, 0.4) is 0 Å². The van der Waals surface area contributed by atoms with Gasteiger partial charge in [-0.25, -0.2) is 0 Å². The summed E-state index contributed by atoms with van der Waals surface area (Å²) in [5.74, 6) is 1.82. The highest BCUT2D eigenvalue weighted by molar-refractivity contribution is 5.94. The summed E-state index contributed by atoms with van der Waals surface area (Å²) < 4.78 is 7.04. The molecule has 8 heteroatoms. The predicted octanol–water partition coefficient (Wildman–Crippen LogP) is 3.14. The smallest absolute Gasteiger partial charge is 0.261 e. The van der Waals surface area contributed by atoms with Gasteiger partial charge in [0.1, 0.15) is 0 Å². The molecule has 1 amide bonds. The summed E-state index contributed by atoms with van der Waals surface area (Å²) in [4.78, 5) is 16.7. The maximum absolute atomic E-state index is 12.4. The molecule has 28 heavy (non-hydrogen) atoms. The minimum absolute atomic E-state index is 0.157. The van der Waals surface area contributed by atoms with Crippen molar-refractivity contribution in [3.05, 3.63) is 65.4 Å². The lowest BCUT2D eigenvalue weighted by Gasteiger charge is -2.07. The van der Waals surface area contributed by atoms with Crippen LogP contribution in [0.2, 0.25) is 0 Å². The van der Waals surface area contributed by atoms with Gasteiger partial charge in [0.15, 0.2) is 17.3 Å². The number of pyridine rings is 1. The second-order valence-electron chi connectivity index (χ2n) is 6.84. The number of rotatable bonds is 5. The second kappa shape index (κ2) is 7.22. The van der Waals surface area contributed by atoms with E-state index in [0.29, 0.717) is 40.2 Å². The van der Waals surface area contributed by atoms with Crippen molar-refractivity contribution in [2.45, 2.75) is 33.2 Å². The van der Waals surface area contributed by atoms with Gasteiger partial charge in [-0.2, -0.15) is 4.98 Å². The molecule has 0 spiro atoms. The lowest BCUT2D eigenvalue weighted by Crippen LogP contribution is -2.24. The van der Waals surface area contributed by atoms with E-state index in [-0.39, 0.29) is 12.5 Å². The maximum Gasteiger partial charge on any atom is 0.261 e. The summed E-state index contributed by atoms with van der Waals surface area (Å²) in [6.45, 7) is 6.24. The molecular formula is C20H20N6O2. The van der Waals surface area contributed by atoms with Crippen molar-refractivity contribution < 1.29 is 9.32 Å². The molecule has 3 heterocycles. The Labute approximate surface area is 161 Å². The first-order chi connectivity index (χ1) is 13.5. The molecule has 4 aromatic rings. The number of fused-ring (bicyclic) bond motifs is 1. The molecule has 1 N–H and O–H groups in total. The highest BCUT2D eigenvalue weighted by Crippen LogP contribution is 2.22. The number of benzene rings is 1. The zero-order chi connectivity index (χ0) is 19.7. The van der Waals surface area contributed by atoms with Gasteiger partial charge in [-0.05, 0) is 42.7 Å². The summed E-state index contributed by atoms with van der Waals surface area (Å²) in [5.41, 5.74) is 3.10. The Balaban J connectivity index is 1.53. The van der Waals surface area contributed by atoms with Gasteiger partial charge in [0.05, 0.1) is 12.1 Å². The first kappa shape index (κ1) is 17.8. The van der Waals surface area contributed by atoms with Crippen LogP contribution in [0.4, 0.5) is 0 Å². The van der Waals surface area contributed by atoms with Gasteiger partial charge in [-0.1, -0.05) is 31.1 Å². The quantitative estimate of drug-likeness (QED) is 0.575. The Bertz CT molecular complexity index is 1130. The lowest BCUT2D eigenvalue weighted by atomic mass is 10.0. The minimum atomic E-state index is -0.157. The Hall–Kier alpha value is -3.55. The molecule has 0 saturated heterocycles. The van der Waals surface area contributed by atoms with Crippen molar-refractivity contribution in [2.24, 2.45) is 0 Å². The molecule has 0 aliphatic carbocycles. The number of carbonyl (C=O) groups is 1. The molecule has 0 aliphatic heterocycles. The summed E-state index contributed by atoms with van der Waals surface area (Å²) in [6.07, 6.45) is 1.83. The molecule has 0 atom stereocenters. The highest BCUT2D eigenvalue weighted by atomic mass is 16.5. The molecule has 0 fully saturated rings. The number of amides is 1. The fraction of sp³-hybridized carbons (Fsp3) is 0.250. The molecule has 8 nitrogen and oxygen atoms in total. The first-order valence-corrected chi connectivity index (χ1v) is 9.04. The molecule has 142 valence electrons. The minimum Gasteiger partial charge on any atom is -0.345 e. The topological polar surface area (TPSA) is 98.2 Å². The molecule has 0 radical (unpaired) electrons. The Kier molecular flexibility index (Phi) is 4.60. The van der Waals surface area contributed by atoms with E-state index in [1.54, 1.807) is 11.3 Å². The van der Waals surface area contributed by atoms with Crippen LogP contribution in [-0.4, -0.2) is 30.6 Å². The van der Waals surface area contributed by atoms with Crippen LogP contribution < -0.4 is 5.32 Å². The van der Waals surface area contributed by atoms with Crippen molar-refractivity contribution in [3.63, 3.8) is 0 Å². The SMILES string of the molecule is Cc1noc(-c2cccn3c(CNC(=O)c4ccc(C(C)C)cc4)nnc23)n1. The molecule has 0 saturated carbocycles. The van der Waals surface area contributed by atoms with E-state index in [0.717, 1.165) is 0 Å². The number of aryl methyl sites for hydroxylation is 1. The zero-order valence-corrected chi connectivity index (χ0v) is 15.9. The summed E-state index contributed by atoms with van der Waals surface area (Å²) in [7, 11) is 0. The largest absolute Gasteiger partial charge is 0.345 e. The van der Waals surface area contributed by atoms with Gasteiger partial charge in [-0.3, -0.25) is 9.20 Å². The highest BCUT2D eigenvalue weighted by Gasteiger charge is 2.16. The lowest BCUT2D eigenvalue weighted by molar-refractivity contribution is 0.0949. The van der Waals surface area contributed by atoms with Gasteiger partial charge in [0, 0.05) is 11.8 Å².